The maximum absolute atomic E-state index is 12.0. The molecule has 0 saturated carbocycles. The fourth-order valence-corrected chi connectivity index (χ4v) is 3.14. The topological polar surface area (TPSA) is 23.6 Å². The molecule has 0 aliphatic carbocycles. The van der Waals surface area contributed by atoms with Gasteiger partial charge in [0.1, 0.15) is 0 Å². The molecule has 2 aliphatic heterocycles. The third-order valence-corrected chi connectivity index (χ3v) is 4.37. The molecule has 1 aromatic rings. The number of hydrogen-bond donors (Lipinski definition) is 0. The van der Waals surface area contributed by atoms with Crippen molar-refractivity contribution in [3.05, 3.63) is 36.9 Å². The molecule has 3 rings (SSSR count). The molecular weight excluding hydrogens is 248 g/mol. The number of carbonyl (C=O) groups excluding carboxylic acids is 1. The van der Waals surface area contributed by atoms with Gasteiger partial charge in [-0.05, 0) is 43.5 Å². The van der Waals surface area contributed by atoms with Crippen molar-refractivity contribution in [3.63, 3.8) is 0 Å². The van der Waals surface area contributed by atoms with Crippen molar-refractivity contribution in [2.75, 3.05) is 29.4 Å². The summed E-state index contributed by atoms with van der Waals surface area (Å²) in [6.45, 7) is 6.87. The maximum Gasteiger partial charge on any atom is 0.227 e. The molecule has 1 atom stereocenters. The molecular formula is C17H22N2O. The second kappa shape index (κ2) is 5.70. The zero-order valence-corrected chi connectivity index (χ0v) is 11.9. The predicted octanol–water partition coefficient (Wildman–Crippen LogP) is 3.22. The number of rotatable bonds is 3. The molecule has 0 N–H and O–H groups in total. The van der Waals surface area contributed by atoms with Crippen molar-refractivity contribution in [2.45, 2.75) is 25.7 Å². The SMILES string of the molecule is C=CC1CC(=O)N(c2ccc(N3CCCCC3)cc2)C1. The molecule has 1 aromatic carbocycles. The van der Waals surface area contributed by atoms with Gasteiger partial charge in [-0.3, -0.25) is 4.79 Å². The van der Waals surface area contributed by atoms with E-state index in [2.05, 4.69) is 35.7 Å². The first-order valence-electron chi connectivity index (χ1n) is 7.56. The number of amides is 1. The quantitative estimate of drug-likeness (QED) is 0.787. The Balaban J connectivity index is 1.72. The van der Waals surface area contributed by atoms with Gasteiger partial charge in [-0.1, -0.05) is 6.08 Å². The lowest BCUT2D eigenvalue weighted by Crippen LogP contribution is -2.29. The van der Waals surface area contributed by atoms with Crippen molar-refractivity contribution in [2.24, 2.45) is 5.92 Å². The lowest BCUT2D eigenvalue weighted by atomic mass is 10.1. The van der Waals surface area contributed by atoms with E-state index in [-0.39, 0.29) is 5.91 Å². The van der Waals surface area contributed by atoms with Crippen LogP contribution in [0.2, 0.25) is 0 Å². The number of anilines is 2. The highest BCUT2D eigenvalue weighted by Gasteiger charge is 2.28. The van der Waals surface area contributed by atoms with Crippen molar-refractivity contribution in [1.82, 2.24) is 0 Å². The summed E-state index contributed by atoms with van der Waals surface area (Å²) in [6, 6.07) is 8.45. The second-order valence-corrected chi connectivity index (χ2v) is 5.77. The van der Waals surface area contributed by atoms with E-state index >= 15 is 0 Å². The van der Waals surface area contributed by atoms with Gasteiger partial charge in [0.2, 0.25) is 5.91 Å². The summed E-state index contributed by atoms with van der Waals surface area (Å²) in [5.41, 5.74) is 2.29. The first-order valence-corrected chi connectivity index (χ1v) is 7.56. The molecule has 0 radical (unpaired) electrons. The lowest BCUT2D eigenvalue weighted by molar-refractivity contribution is -0.117. The average molecular weight is 270 g/mol. The average Bonchev–Trinajstić information content (AvgIpc) is 2.89. The third-order valence-electron chi connectivity index (χ3n) is 4.37. The van der Waals surface area contributed by atoms with Crippen molar-refractivity contribution < 1.29 is 4.79 Å². The molecule has 3 nitrogen and oxygen atoms in total. The van der Waals surface area contributed by atoms with E-state index in [1.54, 1.807) is 0 Å². The Morgan fingerprint density at radius 2 is 1.70 bits per heavy atom. The van der Waals surface area contributed by atoms with Crippen LogP contribution in [-0.2, 0) is 4.79 Å². The second-order valence-electron chi connectivity index (χ2n) is 5.77. The molecule has 2 aliphatic rings. The summed E-state index contributed by atoms with van der Waals surface area (Å²) >= 11 is 0. The minimum atomic E-state index is 0.209. The van der Waals surface area contributed by atoms with Crippen LogP contribution in [0.4, 0.5) is 11.4 Å². The third kappa shape index (κ3) is 2.58. The molecule has 3 heteroatoms. The van der Waals surface area contributed by atoms with Gasteiger partial charge in [0.25, 0.3) is 0 Å². The van der Waals surface area contributed by atoms with Crippen LogP contribution in [0.3, 0.4) is 0 Å². The molecule has 20 heavy (non-hydrogen) atoms. The fraction of sp³-hybridized carbons (Fsp3) is 0.471. The van der Waals surface area contributed by atoms with E-state index in [0.717, 1.165) is 25.3 Å². The monoisotopic (exact) mass is 270 g/mol. The number of benzene rings is 1. The zero-order chi connectivity index (χ0) is 13.9. The van der Waals surface area contributed by atoms with E-state index in [4.69, 9.17) is 0 Å². The molecule has 2 heterocycles. The van der Waals surface area contributed by atoms with Crippen LogP contribution in [0, 0.1) is 5.92 Å². The molecule has 2 fully saturated rings. The number of carbonyl (C=O) groups is 1. The normalized spacial score (nSPS) is 23.2. The maximum atomic E-state index is 12.0. The highest BCUT2D eigenvalue weighted by atomic mass is 16.2. The summed E-state index contributed by atoms with van der Waals surface area (Å²) in [4.78, 5) is 16.3. The Hall–Kier alpha value is -1.77. The van der Waals surface area contributed by atoms with Crippen LogP contribution in [0.1, 0.15) is 25.7 Å². The Labute approximate surface area is 120 Å². The summed E-state index contributed by atoms with van der Waals surface area (Å²) in [6.07, 6.45) is 6.40. The van der Waals surface area contributed by atoms with Gasteiger partial charge in [0.15, 0.2) is 0 Å². The van der Waals surface area contributed by atoms with E-state index in [1.807, 2.05) is 11.0 Å². The Kier molecular flexibility index (Phi) is 3.77. The highest BCUT2D eigenvalue weighted by molar-refractivity contribution is 5.96. The van der Waals surface area contributed by atoms with Gasteiger partial charge in [-0.25, -0.2) is 0 Å². The van der Waals surface area contributed by atoms with Crippen LogP contribution in [0.5, 0.6) is 0 Å². The summed E-state index contributed by atoms with van der Waals surface area (Å²) in [5.74, 6) is 0.505. The molecule has 106 valence electrons. The Morgan fingerprint density at radius 3 is 2.30 bits per heavy atom. The van der Waals surface area contributed by atoms with E-state index in [9.17, 15) is 4.79 Å². The molecule has 0 bridgehead atoms. The van der Waals surface area contributed by atoms with Gasteiger partial charge in [-0.15, -0.1) is 6.58 Å². The summed E-state index contributed by atoms with van der Waals surface area (Å²) < 4.78 is 0. The molecule has 1 unspecified atom stereocenters. The van der Waals surface area contributed by atoms with Crippen LogP contribution in [0.15, 0.2) is 36.9 Å². The van der Waals surface area contributed by atoms with Crippen molar-refractivity contribution in [1.29, 1.82) is 0 Å². The van der Waals surface area contributed by atoms with E-state index < -0.39 is 0 Å². The van der Waals surface area contributed by atoms with Gasteiger partial charge in [0, 0.05) is 43.3 Å². The molecule has 1 amide bonds. The molecule has 0 aromatic heterocycles. The minimum Gasteiger partial charge on any atom is -0.372 e. The van der Waals surface area contributed by atoms with Crippen LogP contribution >= 0.6 is 0 Å². The first-order chi connectivity index (χ1) is 9.78. The highest BCUT2D eigenvalue weighted by Crippen LogP contribution is 2.28. The number of nitrogens with zero attached hydrogens (tertiary/aromatic N) is 2. The first kappa shape index (κ1) is 13.2. The largest absolute Gasteiger partial charge is 0.372 e. The van der Waals surface area contributed by atoms with E-state index in [0.29, 0.717) is 12.3 Å². The Morgan fingerprint density at radius 1 is 1.05 bits per heavy atom. The molecule has 0 spiro atoms. The van der Waals surface area contributed by atoms with Crippen LogP contribution in [-0.4, -0.2) is 25.5 Å². The smallest absolute Gasteiger partial charge is 0.227 e. The predicted molar refractivity (Wildman–Crippen MR) is 83.2 cm³/mol. The van der Waals surface area contributed by atoms with Crippen molar-refractivity contribution >= 4 is 17.3 Å². The molecule has 2 saturated heterocycles. The number of piperidine rings is 1. The van der Waals surface area contributed by atoms with Gasteiger partial charge in [-0.2, -0.15) is 0 Å². The fourth-order valence-electron chi connectivity index (χ4n) is 3.14. The van der Waals surface area contributed by atoms with Gasteiger partial charge >= 0.3 is 0 Å². The van der Waals surface area contributed by atoms with Crippen LogP contribution < -0.4 is 9.80 Å². The summed E-state index contributed by atoms with van der Waals surface area (Å²) in [5, 5.41) is 0. The van der Waals surface area contributed by atoms with Gasteiger partial charge in [0.05, 0.1) is 0 Å². The lowest BCUT2D eigenvalue weighted by Gasteiger charge is -2.29. The summed E-state index contributed by atoms with van der Waals surface area (Å²) in [7, 11) is 0. The van der Waals surface area contributed by atoms with Gasteiger partial charge < -0.3 is 9.80 Å². The standard InChI is InChI=1S/C17H22N2O/c1-2-14-12-17(20)19(13-14)16-8-6-15(7-9-16)18-10-4-3-5-11-18/h2,6-9,14H,1,3-5,10-13H2. The number of hydrogen-bond acceptors (Lipinski definition) is 2. The van der Waals surface area contributed by atoms with E-state index in [1.165, 1.54) is 24.9 Å². The van der Waals surface area contributed by atoms with Crippen molar-refractivity contribution in [3.8, 4) is 0 Å². The zero-order valence-electron chi connectivity index (χ0n) is 11.9. The van der Waals surface area contributed by atoms with Crippen LogP contribution in [0.25, 0.3) is 0 Å². The minimum absolute atomic E-state index is 0.209. The Bertz CT molecular complexity index is 488.